The lowest BCUT2D eigenvalue weighted by Crippen LogP contribution is -2.13. The third-order valence-electron chi connectivity index (χ3n) is 6.98. The zero-order chi connectivity index (χ0) is 22.4. The number of hydrogen-bond donors (Lipinski definition) is 0. The number of aryl methyl sites for hydroxylation is 1. The first-order valence-corrected chi connectivity index (χ1v) is 13.0. The van der Waals surface area contributed by atoms with Crippen LogP contribution in [0.1, 0.15) is 113 Å². The van der Waals surface area contributed by atoms with Gasteiger partial charge in [0.1, 0.15) is 0 Å². The number of hydrogen-bond acceptors (Lipinski definition) is 2. The fourth-order valence-corrected chi connectivity index (χ4v) is 4.95. The average molecular weight is 431 g/mol. The van der Waals surface area contributed by atoms with Gasteiger partial charge in [0, 0.05) is 0 Å². The summed E-state index contributed by atoms with van der Waals surface area (Å²) in [5, 5.41) is 8.50. The van der Waals surface area contributed by atoms with Gasteiger partial charge in [-0.2, -0.15) is 10.2 Å². The average Bonchev–Trinajstić information content (AvgIpc) is 2.84. The second kappa shape index (κ2) is 14.0. The molecule has 1 saturated carbocycles. The highest BCUT2D eigenvalue weighted by Gasteiger charge is 2.21. The number of unbranched alkanes of at least 4 members (excludes halogenated alkanes) is 4. The molecule has 0 saturated heterocycles. The van der Waals surface area contributed by atoms with E-state index in [1.54, 1.807) is 0 Å². The summed E-state index contributed by atoms with van der Waals surface area (Å²) in [4.78, 5) is 0. The van der Waals surface area contributed by atoms with Gasteiger partial charge in [-0.15, -0.1) is 0 Å². The molecule has 0 spiro atoms. The Morgan fingerprint density at radius 3 is 1.88 bits per heavy atom. The molecular formula is C30H42N2. The minimum Gasteiger partial charge on any atom is -0.159 e. The molecule has 172 valence electrons. The predicted octanol–water partition coefficient (Wildman–Crippen LogP) is 8.73. The maximum atomic E-state index is 4.25. The molecule has 1 aliphatic carbocycles. The van der Waals surface area contributed by atoms with Crippen LogP contribution in [0.5, 0.6) is 0 Å². The highest BCUT2D eigenvalue weighted by molar-refractivity contribution is 5.82. The molecule has 0 radical (unpaired) electrons. The van der Waals surface area contributed by atoms with E-state index in [0.29, 0.717) is 0 Å². The summed E-state index contributed by atoms with van der Waals surface area (Å²) in [6.45, 7) is 4.57. The van der Waals surface area contributed by atoms with Crippen molar-refractivity contribution in [2.45, 2.75) is 96.8 Å². The van der Waals surface area contributed by atoms with Gasteiger partial charge in [-0.25, -0.2) is 0 Å². The zero-order valence-corrected chi connectivity index (χ0v) is 20.3. The molecule has 0 unspecified atom stereocenters. The molecule has 0 atom stereocenters. The Morgan fingerprint density at radius 2 is 1.28 bits per heavy atom. The first-order chi connectivity index (χ1) is 15.8. The van der Waals surface area contributed by atoms with Crippen molar-refractivity contribution < 1.29 is 0 Å². The van der Waals surface area contributed by atoms with Gasteiger partial charge in [-0.1, -0.05) is 101 Å². The normalized spacial score (nSPS) is 19.2. The lowest BCUT2D eigenvalue weighted by atomic mass is 9.77. The van der Waals surface area contributed by atoms with E-state index in [4.69, 9.17) is 0 Å². The van der Waals surface area contributed by atoms with E-state index in [2.05, 4.69) is 72.6 Å². The summed E-state index contributed by atoms with van der Waals surface area (Å²) in [5.74, 6) is 1.71. The summed E-state index contributed by atoms with van der Waals surface area (Å²) in [7, 11) is 0. The van der Waals surface area contributed by atoms with Gasteiger partial charge in [0.25, 0.3) is 0 Å². The van der Waals surface area contributed by atoms with E-state index in [1.807, 2.05) is 12.4 Å². The lowest BCUT2D eigenvalue weighted by molar-refractivity contribution is 0.308. The van der Waals surface area contributed by atoms with Crippen molar-refractivity contribution in [2.75, 3.05) is 0 Å². The van der Waals surface area contributed by atoms with Crippen LogP contribution in [-0.4, -0.2) is 12.4 Å². The van der Waals surface area contributed by atoms with Gasteiger partial charge in [-0.3, -0.25) is 0 Å². The first kappa shape index (κ1) is 24.4. The van der Waals surface area contributed by atoms with Crippen molar-refractivity contribution in [3.63, 3.8) is 0 Å². The van der Waals surface area contributed by atoms with Crippen LogP contribution in [0, 0.1) is 5.92 Å². The van der Waals surface area contributed by atoms with E-state index in [1.165, 1.54) is 88.2 Å². The molecule has 2 heteroatoms. The molecule has 3 rings (SSSR count). The molecule has 0 bridgehead atoms. The molecule has 2 nitrogen and oxygen atoms in total. The monoisotopic (exact) mass is 430 g/mol. The van der Waals surface area contributed by atoms with Gasteiger partial charge in [-0.05, 0) is 72.6 Å². The van der Waals surface area contributed by atoms with Crippen LogP contribution in [0.3, 0.4) is 0 Å². The molecule has 2 aromatic carbocycles. The van der Waals surface area contributed by atoms with Gasteiger partial charge in [0.2, 0.25) is 0 Å². The van der Waals surface area contributed by atoms with Crippen LogP contribution in [-0.2, 0) is 6.42 Å². The fourth-order valence-electron chi connectivity index (χ4n) is 4.95. The summed E-state index contributed by atoms with van der Waals surface area (Å²) >= 11 is 0. The zero-order valence-electron chi connectivity index (χ0n) is 20.3. The highest BCUT2D eigenvalue weighted by Crippen LogP contribution is 2.37. The lowest BCUT2D eigenvalue weighted by Gasteiger charge is -2.28. The van der Waals surface area contributed by atoms with Crippen LogP contribution in [0.25, 0.3) is 0 Å². The number of rotatable bonds is 12. The highest BCUT2D eigenvalue weighted by atomic mass is 15.2. The Hall–Kier alpha value is -2.22. The van der Waals surface area contributed by atoms with Crippen molar-refractivity contribution in [3.05, 3.63) is 70.8 Å². The SMILES string of the molecule is CCCCCCCc1ccc(/C=N/N=C/c2ccc(C3CCC(CCC)CC3)cc2)cc1. The molecule has 0 aliphatic heterocycles. The fraction of sp³-hybridized carbons (Fsp3) is 0.533. The second-order valence-corrected chi connectivity index (χ2v) is 9.57. The second-order valence-electron chi connectivity index (χ2n) is 9.57. The summed E-state index contributed by atoms with van der Waals surface area (Å²) in [6, 6.07) is 17.7. The molecule has 0 heterocycles. The van der Waals surface area contributed by atoms with Crippen LogP contribution < -0.4 is 0 Å². The summed E-state index contributed by atoms with van der Waals surface area (Å²) in [5.41, 5.74) is 5.13. The van der Waals surface area contributed by atoms with Gasteiger partial charge in [0.15, 0.2) is 0 Å². The van der Waals surface area contributed by atoms with Crippen molar-refractivity contribution in [1.29, 1.82) is 0 Å². The molecule has 1 fully saturated rings. The Morgan fingerprint density at radius 1 is 0.688 bits per heavy atom. The maximum absolute atomic E-state index is 4.25. The van der Waals surface area contributed by atoms with Gasteiger partial charge >= 0.3 is 0 Å². The smallest absolute Gasteiger partial charge is 0.0568 e. The van der Waals surface area contributed by atoms with Crippen molar-refractivity contribution in [2.24, 2.45) is 16.1 Å². The molecule has 0 aromatic heterocycles. The number of nitrogens with zero attached hydrogens (tertiary/aromatic N) is 2. The molecule has 2 aromatic rings. The van der Waals surface area contributed by atoms with Gasteiger partial charge < -0.3 is 0 Å². The van der Waals surface area contributed by atoms with E-state index < -0.39 is 0 Å². The third-order valence-corrected chi connectivity index (χ3v) is 6.98. The van der Waals surface area contributed by atoms with E-state index in [0.717, 1.165) is 23.0 Å². The molecule has 1 aliphatic rings. The largest absolute Gasteiger partial charge is 0.159 e. The Labute approximate surface area is 196 Å². The van der Waals surface area contributed by atoms with E-state index in [-0.39, 0.29) is 0 Å². The summed E-state index contributed by atoms with van der Waals surface area (Å²) < 4.78 is 0. The quantitative estimate of drug-likeness (QED) is 0.183. The van der Waals surface area contributed by atoms with Crippen LogP contribution in [0.2, 0.25) is 0 Å². The number of benzene rings is 2. The third kappa shape index (κ3) is 8.37. The molecule has 32 heavy (non-hydrogen) atoms. The van der Waals surface area contributed by atoms with E-state index >= 15 is 0 Å². The Kier molecular flexibility index (Phi) is 10.7. The van der Waals surface area contributed by atoms with E-state index in [9.17, 15) is 0 Å². The van der Waals surface area contributed by atoms with Gasteiger partial charge in [0.05, 0.1) is 12.4 Å². The van der Waals surface area contributed by atoms with Crippen molar-refractivity contribution in [1.82, 2.24) is 0 Å². The topological polar surface area (TPSA) is 24.7 Å². The molecular weight excluding hydrogens is 388 g/mol. The molecule has 0 N–H and O–H groups in total. The summed E-state index contributed by atoms with van der Waals surface area (Å²) in [6.07, 6.45) is 19.8. The minimum atomic E-state index is 0.742. The van der Waals surface area contributed by atoms with Crippen molar-refractivity contribution in [3.8, 4) is 0 Å². The van der Waals surface area contributed by atoms with Crippen LogP contribution >= 0.6 is 0 Å². The standard InChI is InChI=1S/C30H42N2/c1-3-5-6-7-8-10-26-11-13-27(14-12-26)23-31-32-24-28-17-21-30(22-18-28)29-19-15-25(9-4-2)16-20-29/h11-14,17-18,21-25,29H,3-10,15-16,19-20H2,1-2H3/b31-23+,32-24+. The maximum Gasteiger partial charge on any atom is 0.0568 e. The Balaban J connectivity index is 1.41. The first-order valence-electron chi connectivity index (χ1n) is 13.0. The molecule has 0 amide bonds. The van der Waals surface area contributed by atoms with Crippen LogP contribution in [0.15, 0.2) is 58.7 Å². The Bertz CT molecular complexity index is 809. The predicted molar refractivity (Wildman–Crippen MR) is 140 cm³/mol. The van der Waals surface area contributed by atoms with Crippen molar-refractivity contribution >= 4 is 12.4 Å². The van der Waals surface area contributed by atoms with Crippen LogP contribution in [0.4, 0.5) is 0 Å². The minimum absolute atomic E-state index is 0.742.